The monoisotopic (exact) mass is 189 g/mol. The standard InChI is InChI=1S/C7H14N2O4/c8-5(6(10)11)3-1-2-4-9-7(12)13/h5,9H,1-4,8H2,(H,10,11)(H,12,13)/p-1/t5-/m0/s1. The van der Waals surface area contributed by atoms with Gasteiger partial charge in [0, 0.05) is 12.6 Å². The van der Waals surface area contributed by atoms with Crippen LogP contribution in [0.4, 0.5) is 4.79 Å². The fourth-order valence-electron chi connectivity index (χ4n) is 0.802. The number of carbonyl (C=O) groups excluding carboxylic acids is 1. The molecule has 0 heterocycles. The summed E-state index contributed by atoms with van der Waals surface area (Å²) in [6.07, 6.45) is 0.371. The lowest BCUT2D eigenvalue weighted by Gasteiger charge is -2.11. The van der Waals surface area contributed by atoms with Crippen molar-refractivity contribution in [1.82, 2.24) is 5.32 Å². The Morgan fingerprint density at radius 1 is 1.46 bits per heavy atom. The van der Waals surface area contributed by atoms with E-state index in [0.717, 1.165) is 0 Å². The number of nitrogens with one attached hydrogen (secondary N) is 1. The third kappa shape index (κ3) is 7.07. The Morgan fingerprint density at radius 3 is 2.54 bits per heavy atom. The van der Waals surface area contributed by atoms with Crippen LogP contribution in [0.25, 0.3) is 0 Å². The van der Waals surface area contributed by atoms with Crippen molar-refractivity contribution in [1.29, 1.82) is 0 Å². The lowest BCUT2D eigenvalue weighted by molar-refractivity contribution is -0.307. The van der Waals surface area contributed by atoms with Gasteiger partial charge < -0.3 is 26.1 Å². The zero-order valence-electron chi connectivity index (χ0n) is 7.16. The second-order valence-electron chi connectivity index (χ2n) is 2.65. The summed E-state index contributed by atoms with van der Waals surface area (Å²) >= 11 is 0. The summed E-state index contributed by atoms with van der Waals surface area (Å²) in [6.45, 7) is 0.315. The molecule has 76 valence electrons. The predicted octanol–water partition coefficient (Wildman–Crippen LogP) is -1.50. The summed E-state index contributed by atoms with van der Waals surface area (Å²) in [5, 5.41) is 20.5. The average Bonchev–Trinajstić information content (AvgIpc) is 2.02. The van der Waals surface area contributed by atoms with Crippen molar-refractivity contribution in [3.8, 4) is 0 Å². The Morgan fingerprint density at radius 2 is 2.08 bits per heavy atom. The molecule has 0 aliphatic carbocycles. The highest BCUT2D eigenvalue weighted by Gasteiger charge is 2.02. The second-order valence-corrected chi connectivity index (χ2v) is 2.65. The van der Waals surface area contributed by atoms with Gasteiger partial charge in [0.1, 0.15) is 0 Å². The molecular weight excluding hydrogens is 176 g/mol. The SMILES string of the molecule is N[C@@H](CCCCNC(=O)O)C(=O)[O-]. The zero-order chi connectivity index (χ0) is 10.3. The Balaban J connectivity index is 3.26. The number of rotatable bonds is 6. The van der Waals surface area contributed by atoms with Gasteiger partial charge in [0.05, 0.1) is 5.97 Å². The molecular formula is C7H13N2O4-. The molecule has 1 atom stereocenters. The number of unbranched alkanes of at least 4 members (excludes halogenated alkanes) is 1. The van der Waals surface area contributed by atoms with Crippen LogP contribution in [0.3, 0.4) is 0 Å². The molecule has 0 saturated heterocycles. The third-order valence-corrected chi connectivity index (χ3v) is 1.52. The van der Waals surface area contributed by atoms with Crippen LogP contribution in [0.5, 0.6) is 0 Å². The van der Waals surface area contributed by atoms with E-state index in [9.17, 15) is 14.7 Å². The molecule has 6 nitrogen and oxygen atoms in total. The van der Waals surface area contributed by atoms with Gasteiger partial charge in [0.2, 0.25) is 0 Å². The highest BCUT2D eigenvalue weighted by Crippen LogP contribution is 1.97. The maximum Gasteiger partial charge on any atom is 0.404 e. The molecule has 0 radical (unpaired) electrons. The number of hydrogen-bond donors (Lipinski definition) is 3. The average molecular weight is 189 g/mol. The van der Waals surface area contributed by atoms with Gasteiger partial charge in [0.25, 0.3) is 0 Å². The maximum absolute atomic E-state index is 10.1. The van der Waals surface area contributed by atoms with Gasteiger partial charge in [-0.3, -0.25) is 0 Å². The molecule has 0 aromatic heterocycles. The Kier molecular flexibility index (Phi) is 5.62. The van der Waals surface area contributed by atoms with Gasteiger partial charge in [-0.25, -0.2) is 4.79 Å². The largest absolute Gasteiger partial charge is 0.548 e. The molecule has 0 aromatic carbocycles. The first-order valence-corrected chi connectivity index (χ1v) is 3.97. The van der Waals surface area contributed by atoms with Crippen molar-refractivity contribution in [3.63, 3.8) is 0 Å². The van der Waals surface area contributed by atoms with E-state index in [1.165, 1.54) is 0 Å². The van der Waals surface area contributed by atoms with E-state index in [4.69, 9.17) is 10.8 Å². The number of amides is 1. The summed E-state index contributed by atoms with van der Waals surface area (Å²) in [5.74, 6) is -1.27. The molecule has 0 spiro atoms. The van der Waals surface area contributed by atoms with Crippen LogP contribution in [0.15, 0.2) is 0 Å². The van der Waals surface area contributed by atoms with Crippen LogP contribution in [0, 0.1) is 0 Å². The number of aliphatic carboxylic acids is 1. The van der Waals surface area contributed by atoms with Crippen LogP contribution in [-0.4, -0.2) is 29.8 Å². The molecule has 0 unspecified atom stereocenters. The van der Waals surface area contributed by atoms with Crippen LogP contribution < -0.4 is 16.2 Å². The van der Waals surface area contributed by atoms with Crippen molar-refractivity contribution in [2.75, 3.05) is 6.54 Å². The van der Waals surface area contributed by atoms with Crippen LogP contribution >= 0.6 is 0 Å². The molecule has 4 N–H and O–H groups in total. The topological polar surface area (TPSA) is 115 Å². The molecule has 0 fully saturated rings. The predicted molar refractivity (Wildman–Crippen MR) is 42.9 cm³/mol. The van der Waals surface area contributed by atoms with Crippen molar-refractivity contribution in [3.05, 3.63) is 0 Å². The van der Waals surface area contributed by atoms with Crippen molar-refractivity contribution >= 4 is 12.1 Å². The van der Waals surface area contributed by atoms with Gasteiger partial charge >= 0.3 is 6.09 Å². The van der Waals surface area contributed by atoms with E-state index in [2.05, 4.69) is 5.32 Å². The molecule has 0 rings (SSSR count). The number of carboxylic acid groups (broad SMARTS) is 2. The Bertz CT molecular complexity index is 183. The lowest BCUT2D eigenvalue weighted by atomic mass is 10.1. The minimum atomic E-state index is -1.27. The minimum absolute atomic E-state index is 0.309. The summed E-state index contributed by atoms with van der Waals surface area (Å²) in [6, 6.07) is -0.954. The van der Waals surface area contributed by atoms with E-state index < -0.39 is 18.1 Å². The van der Waals surface area contributed by atoms with Gasteiger partial charge in [-0.05, 0) is 19.3 Å². The van der Waals surface area contributed by atoms with Crippen molar-refractivity contribution in [2.24, 2.45) is 5.73 Å². The van der Waals surface area contributed by atoms with Crippen LogP contribution in [0.1, 0.15) is 19.3 Å². The minimum Gasteiger partial charge on any atom is -0.548 e. The molecule has 0 aromatic rings. The van der Waals surface area contributed by atoms with Crippen LogP contribution in [0.2, 0.25) is 0 Å². The van der Waals surface area contributed by atoms with Gasteiger partial charge in [0.15, 0.2) is 0 Å². The number of hydrogen-bond acceptors (Lipinski definition) is 4. The number of nitrogens with two attached hydrogens (primary N) is 1. The molecule has 0 saturated carbocycles. The van der Waals surface area contributed by atoms with Crippen LogP contribution in [-0.2, 0) is 4.79 Å². The fourth-order valence-corrected chi connectivity index (χ4v) is 0.802. The first kappa shape index (κ1) is 11.7. The maximum atomic E-state index is 10.1. The summed E-state index contributed by atoms with van der Waals surface area (Å²) in [5.41, 5.74) is 5.16. The molecule has 0 aliphatic heterocycles. The summed E-state index contributed by atoms with van der Waals surface area (Å²) < 4.78 is 0. The Labute approximate surface area is 75.7 Å². The fraction of sp³-hybridized carbons (Fsp3) is 0.714. The molecule has 0 bridgehead atoms. The van der Waals surface area contributed by atoms with Crippen molar-refractivity contribution in [2.45, 2.75) is 25.3 Å². The summed E-state index contributed by atoms with van der Waals surface area (Å²) in [7, 11) is 0. The first-order valence-electron chi connectivity index (χ1n) is 3.97. The third-order valence-electron chi connectivity index (χ3n) is 1.52. The number of carboxylic acids is 1. The van der Waals surface area contributed by atoms with E-state index in [1.54, 1.807) is 0 Å². The Hall–Kier alpha value is -1.30. The van der Waals surface area contributed by atoms with Gasteiger partial charge in [-0.1, -0.05) is 0 Å². The second kappa shape index (κ2) is 6.24. The van der Waals surface area contributed by atoms with Gasteiger partial charge in [-0.2, -0.15) is 0 Å². The van der Waals surface area contributed by atoms with E-state index >= 15 is 0 Å². The smallest absolute Gasteiger partial charge is 0.404 e. The highest BCUT2D eigenvalue weighted by atomic mass is 16.4. The van der Waals surface area contributed by atoms with E-state index in [-0.39, 0.29) is 0 Å². The molecule has 1 amide bonds. The summed E-state index contributed by atoms with van der Waals surface area (Å²) in [4.78, 5) is 20.1. The lowest BCUT2D eigenvalue weighted by Crippen LogP contribution is -2.41. The van der Waals surface area contributed by atoms with Crippen molar-refractivity contribution < 1.29 is 19.8 Å². The number of carbonyl (C=O) groups is 2. The quantitative estimate of drug-likeness (QED) is 0.440. The molecule has 6 heteroatoms. The highest BCUT2D eigenvalue weighted by molar-refractivity contribution is 5.70. The first-order chi connectivity index (χ1) is 6.04. The molecule has 0 aliphatic rings. The van der Waals surface area contributed by atoms with Gasteiger partial charge in [-0.15, -0.1) is 0 Å². The van der Waals surface area contributed by atoms with E-state index in [1.807, 2.05) is 0 Å². The normalized spacial score (nSPS) is 12.1. The zero-order valence-corrected chi connectivity index (χ0v) is 7.16. The molecule has 13 heavy (non-hydrogen) atoms. The van der Waals surface area contributed by atoms with E-state index in [0.29, 0.717) is 25.8 Å².